The standard InChI is InChI=1S/C44H45F3N10O4/c1-7-44(59,37-13-16-48-41(55-37)52-29-10-12-34(36(20-29)61-6)57-23-26(3)50-24-57)15-8-14-43(4,58)38-21-33(27-17-31(45)39(47)32(46)18-27)54-42(56-38)53-28-9-11-30(35(19-28)60-5)40-49-22-25(2)51-40/h9-13,16-24,58-59H,7-8,14-15H2,1-6H3,(H,49,51)(H,48,52,55)(H,53,54,56). The minimum atomic E-state index is -1.64. The van der Waals surface area contributed by atoms with Crippen LogP contribution >= 0.6 is 0 Å². The van der Waals surface area contributed by atoms with E-state index >= 15 is 0 Å². The van der Waals surface area contributed by atoms with Crippen molar-refractivity contribution in [3.63, 3.8) is 0 Å². The number of aryl methyl sites for hydroxylation is 2. The van der Waals surface area contributed by atoms with Crippen molar-refractivity contribution in [2.45, 2.75) is 64.6 Å². The van der Waals surface area contributed by atoms with Crippen LogP contribution in [0, 0.1) is 31.3 Å². The Labute approximate surface area is 350 Å². The highest BCUT2D eigenvalue weighted by Gasteiger charge is 2.33. The first-order chi connectivity index (χ1) is 29.2. The zero-order valence-electron chi connectivity index (χ0n) is 34.4. The summed E-state index contributed by atoms with van der Waals surface area (Å²) in [6.07, 6.45) is 7.74. The van der Waals surface area contributed by atoms with E-state index in [9.17, 15) is 23.4 Å². The highest BCUT2D eigenvalue weighted by molar-refractivity contribution is 5.71. The van der Waals surface area contributed by atoms with Gasteiger partial charge in [0, 0.05) is 53.4 Å². The molecular weight excluding hydrogens is 790 g/mol. The maximum absolute atomic E-state index is 14.5. The molecule has 316 valence electrons. The second kappa shape index (κ2) is 17.4. The lowest BCUT2D eigenvalue weighted by Crippen LogP contribution is -2.29. The molecule has 0 bridgehead atoms. The molecule has 2 atom stereocenters. The third kappa shape index (κ3) is 9.32. The molecule has 17 heteroatoms. The summed E-state index contributed by atoms with van der Waals surface area (Å²) < 4.78 is 56.1. The number of methoxy groups -OCH3 is 2. The smallest absolute Gasteiger partial charge is 0.228 e. The number of anilines is 4. The number of aliphatic hydroxyl groups is 2. The van der Waals surface area contributed by atoms with Gasteiger partial charge in [-0.05, 0) is 95.0 Å². The number of nitrogens with zero attached hydrogens (tertiary/aromatic N) is 7. The molecule has 0 spiro atoms. The maximum Gasteiger partial charge on any atom is 0.228 e. The summed E-state index contributed by atoms with van der Waals surface area (Å²) in [5, 5.41) is 30.2. The average Bonchev–Trinajstić information content (AvgIpc) is 3.89. The monoisotopic (exact) mass is 834 g/mol. The molecule has 61 heavy (non-hydrogen) atoms. The lowest BCUT2D eigenvalue weighted by Gasteiger charge is -2.29. The first-order valence-corrected chi connectivity index (χ1v) is 19.4. The molecule has 0 fully saturated rings. The van der Waals surface area contributed by atoms with Crippen LogP contribution in [0.4, 0.5) is 36.4 Å². The molecule has 4 aromatic heterocycles. The first kappa shape index (κ1) is 42.3. The van der Waals surface area contributed by atoms with Gasteiger partial charge in [-0.2, -0.15) is 0 Å². The number of nitrogens with one attached hydrogen (secondary N) is 3. The van der Waals surface area contributed by atoms with E-state index in [-0.39, 0.29) is 41.7 Å². The lowest BCUT2D eigenvalue weighted by molar-refractivity contribution is -0.000844. The van der Waals surface area contributed by atoms with E-state index < -0.39 is 28.7 Å². The Balaban J connectivity index is 1.11. The normalized spacial score (nSPS) is 13.4. The van der Waals surface area contributed by atoms with Crippen molar-refractivity contribution in [1.29, 1.82) is 0 Å². The Morgan fingerprint density at radius 2 is 1.48 bits per heavy atom. The fourth-order valence-corrected chi connectivity index (χ4v) is 6.94. The van der Waals surface area contributed by atoms with Crippen LogP contribution in [-0.2, 0) is 11.2 Å². The number of H-pyrrole nitrogens is 1. The number of hydrogen-bond donors (Lipinski definition) is 5. The van der Waals surface area contributed by atoms with Gasteiger partial charge in [0.1, 0.15) is 28.5 Å². The van der Waals surface area contributed by atoms with Crippen LogP contribution in [-0.4, -0.2) is 63.9 Å². The Kier molecular flexibility index (Phi) is 12.1. The van der Waals surface area contributed by atoms with Crippen molar-refractivity contribution in [3.8, 4) is 39.8 Å². The summed E-state index contributed by atoms with van der Waals surface area (Å²) in [5.74, 6) is -2.48. The minimum Gasteiger partial charge on any atom is -0.496 e. The Morgan fingerprint density at radius 1 is 0.787 bits per heavy atom. The third-order valence-corrected chi connectivity index (χ3v) is 10.4. The molecule has 0 aliphatic rings. The molecule has 5 N–H and O–H groups in total. The Bertz CT molecular complexity index is 2660. The van der Waals surface area contributed by atoms with E-state index in [1.54, 1.807) is 57.0 Å². The van der Waals surface area contributed by atoms with E-state index in [0.717, 1.165) is 29.2 Å². The van der Waals surface area contributed by atoms with Gasteiger partial charge in [0.05, 0.1) is 54.6 Å². The third-order valence-electron chi connectivity index (χ3n) is 10.4. The van der Waals surface area contributed by atoms with Gasteiger partial charge < -0.3 is 39.9 Å². The number of aromatic amines is 1. The van der Waals surface area contributed by atoms with Crippen molar-refractivity contribution in [1.82, 2.24) is 39.5 Å². The van der Waals surface area contributed by atoms with Crippen LogP contribution in [0.25, 0.3) is 28.3 Å². The van der Waals surface area contributed by atoms with Crippen LogP contribution in [0.15, 0.2) is 85.6 Å². The zero-order chi connectivity index (χ0) is 43.5. The molecular formula is C44H45F3N10O4. The van der Waals surface area contributed by atoms with Crippen molar-refractivity contribution >= 4 is 23.3 Å². The Morgan fingerprint density at radius 3 is 2.13 bits per heavy atom. The van der Waals surface area contributed by atoms with Gasteiger partial charge in [0.25, 0.3) is 0 Å². The number of imidazole rings is 2. The summed E-state index contributed by atoms with van der Waals surface area (Å²) in [7, 11) is 3.10. The topological polar surface area (TPSA) is 181 Å². The summed E-state index contributed by atoms with van der Waals surface area (Å²) in [5.41, 5.74) is 1.79. The highest BCUT2D eigenvalue weighted by atomic mass is 19.2. The molecule has 0 saturated heterocycles. The number of benzene rings is 3. The number of ether oxygens (including phenoxy) is 2. The summed E-state index contributed by atoms with van der Waals surface area (Å²) in [6.45, 7) is 7.17. The van der Waals surface area contributed by atoms with E-state index in [0.29, 0.717) is 52.8 Å². The fraction of sp³-hybridized carbons (Fsp3) is 0.273. The van der Waals surface area contributed by atoms with Gasteiger partial charge in [-0.25, -0.2) is 43.1 Å². The highest BCUT2D eigenvalue weighted by Crippen LogP contribution is 2.37. The molecule has 0 amide bonds. The van der Waals surface area contributed by atoms with Crippen molar-refractivity contribution in [2.75, 3.05) is 24.9 Å². The van der Waals surface area contributed by atoms with E-state index in [1.165, 1.54) is 13.2 Å². The number of rotatable bonds is 16. The first-order valence-electron chi connectivity index (χ1n) is 19.4. The molecule has 0 aliphatic heterocycles. The minimum absolute atomic E-state index is 0.0169. The molecule has 0 radical (unpaired) electrons. The quantitative estimate of drug-likeness (QED) is 0.0585. The van der Waals surface area contributed by atoms with Crippen LogP contribution in [0.2, 0.25) is 0 Å². The fourth-order valence-electron chi connectivity index (χ4n) is 6.94. The van der Waals surface area contributed by atoms with Gasteiger partial charge in [0.15, 0.2) is 17.5 Å². The summed E-state index contributed by atoms with van der Waals surface area (Å²) in [6, 6.07) is 15.5. The Hall–Kier alpha value is -6.85. The second-order valence-corrected chi connectivity index (χ2v) is 14.9. The predicted octanol–water partition coefficient (Wildman–Crippen LogP) is 8.72. The van der Waals surface area contributed by atoms with E-state index in [1.807, 2.05) is 49.7 Å². The molecule has 7 aromatic rings. The SMILES string of the molecule is CCC(O)(CCCC(C)(O)c1cc(-c2cc(F)c(F)c(F)c2)nc(Nc2ccc(-c3ncc(C)[nH]3)c(OC)c2)n1)c1ccnc(Nc2ccc(-n3cnc(C)c3)c(OC)c2)n1. The number of halogens is 3. The second-order valence-electron chi connectivity index (χ2n) is 14.9. The number of hydrogen-bond acceptors (Lipinski definition) is 12. The molecule has 3 aromatic carbocycles. The molecule has 14 nitrogen and oxygen atoms in total. The molecule has 0 aliphatic carbocycles. The largest absolute Gasteiger partial charge is 0.496 e. The zero-order valence-corrected chi connectivity index (χ0v) is 34.4. The lowest BCUT2D eigenvalue weighted by atomic mass is 9.86. The summed E-state index contributed by atoms with van der Waals surface area (Å²) >= 11 is 0. The number of aromatic nitrogens is 8. The van der Waals surface area contributed by atoms with Crippen molar-refractivity contribution < 1.29 is 32.9 Å². The van der Waals surface area contributed by atoms with Gasteiger partial charge >= 0.3 is 0 Å². The summed E-state index contributed by atoms with van der Waals surface area (Å²) in [4.78, 5) is 30.0. The van der Waals surface area contributed by atoms with Crippen LogP contribution in [0.3, 0.4) is 0 Å². The van der Waals surface area contributed by atoms with Crippen molar-refractivity contribution in [3.05, 3.63) is 126 Å². The molecule has 0 saturated carbocycles. The predicted molar refractivity (Wildman–Crippen MR) is 224 cm³/mol. The molecule has 7 rings (SSSR count). The van der Waals surface area contributed by atoms with Gasteiger partial charge in [-0.3, -0.25) is 0 Å². The van der Waals surface area contributed by atoms with Gasteiger partial charge in [-0.15, -0.1) is 0 Å². The molecule has 2 unspecified atom stereocenters. The van der Waals surface area contributed by atoms with E-state index in [4.69, 9.17) is 9.47 Å². The average molecular weight is 835 g/mol. The van der Waals surface area contributed by atoms with Gasteiger partial charge in [0.2, 0.25) is 11.9 Å². The molecule has 4 heterocycles. The van der Waals surface area contributed by atoms with E-state index in [2.05, 4.69) is 45.5 Å². The maximum atomic E-state index is 14.5. The van der Waals surface area contributed by atoms with Crippen molar-refractivity contribution in [2.24, 2.45) is 0 Å². The van der Waals surface area contributed by atoms with Crippen LogP contribution in [0.5, 0.6) is 11.5 Å². The van der Waals surface area contributed by atoms with Gasteiger partial charge in [-0.1, -0.05) is 6.92 Å². The van der Waals surface area contributed by atoms with Crippen LogP contribution in [0.1, 0.15) is 62.3 Å². The van der Waals surface area contributed by atoms with Crippen LogP contribution < -0.4 is 20.1 Å².